The van der Waals surface area contributed by atoms with Gasteiger partial charge in [0.15, 0.2) is 0 Å². The minimum absolute atomic E-state index is 0.00625. The summed E-state index contributed by atoms with van der Waals surface area (Å²) in [5.41, 5.74) is -1.87. The van der Waals surface area contributed by atoms with Crippen LogP contribution < -0.4 is 21.3 Å². The summed E-state index contributed by atoms with van der Waals surface area (Å²) in [5, 5.41) is 13.5. The van der Waals surface area contributed by atoms with Crippen LogP contribution in [0.25, 0.3) is 0 Å². The Morgan fingerprint density at radius 1 is 0.945 bits per heavy atom. The summed E-state index contributed by atoms with van der Waals surface area (Å²) in [4.78, 5) is 94.7. The first-order valence-corrected chi connectivity index (χ1v) is 19.5. The van der Waals surface area contributed by atoms with E-state index >= 15 is 0 Å². The number of thiophene rings is 1. The van der Waals surface area contributed by atoms with Gasteiger partial charge in [-0.25, -0.2) is 4.79 Å². The molecule has 1 aliphatic heterocycles. The van der Waals surface area contributed by atoms with Gasteiger partial charge >= 0.3 is 5.97 Å². The summed E-state index contributed by atoms with van der Waals surface area (Å²) in [6, 6.07) is 0.640. The second-order valence-corrected chi connectivity index (χ2v) is 17.8. The van der Waals surface area contributed by atoms with Gasteiger partial charge in [-0.3, -0.25) is 33.7 Å². The second kappa shape index (κ2) is 19.5. The van der Waals surface area contributed by atoms with Crippen LogP contribution in [0.5, 0.6) is 0 Å². The highest BCUT2D eigenvalue weighted by molar-refractivity contribution is 7.10. The third-order valence-corrected chi connectivity index (χ3v) is 10.5. The number of carbonyl (C=O) groups excluding carboxylic acids is 7. The lowest BCUT2D eigenvalue weighted by Gasteiger charge is -2.39. The van der Waals surface area contributed by atoms with Crippen molar-refractivity contribution < 1.29 is 38.3 Å². The normalized spacial score (nSPS) is 16.0. The van der Waals surface area contributed by atoms with Gasteiger partial charge in [0.1, 0.15) is 17.7 Å². The number of esters is 1. The first kappa shape index (κ1) is 46.8. The van der Waals surface area contributed by atoms with E-state index in [4.69, 9.17) is 4.74 Å². The molecular formula is C40H62N6O8S. The highest BCUT2D eigenvalue weighted by atomic mass is 32.1. The average molecular weight is 787 g/mol. The quantitative estimate of drug-likeness (QED) is 0.0987. The van der Waals surface area contributed by atoms with Gasteiger partial charge in [-0.05, 0) is 63.9 Å². The predicted molar refractivity (Wildman–Crippen MR) is 213 cm³/mol. The molecule has 2 rings (SSSR count). The molecule has 15 heteroatoms. The molecule has 4 N–H and O–H groups in total. The Labute approximate surface area is 330 Å². The van der Waals surface area contributed by atoms with E-state index in [0.29, 0.717) is 0 Å². The standard InChI is InChI=1S/C40H62N6O8S/c1-24(2)27(45(13)36(52)33(38(4,5)6)44-35(51)32(41-12)40(10,11)28-15-14-22-55-28)23-25(3)34(50)43-26(37(53)54-39(7,8)9)16-17-29(47)42-20-21-46-30(48)18-19-31(46)49/h14-15,18-19,22-24,26-27,32-33,41H,16-17,20-21H2,1-13H3,(H,42,47)(H,43,50)(H,44,51)/b25-23+/t26-,27-,32-,33?/m1/s1. The zero-order valence-corrected chi connectivity index (χ0v) is 35.6. The molecule has 6 amide bonds. The number of hydrogen-bond donors (Lipinski definition) is 4. The molecule has 1 unspecified atom stereocenters. The van der Waals surface area contributed by atoms with Crippen molar-refractivity contribution >= 4 is 52.7 Å². The number of nitrogens with zero attached hydrogens (tertiary/aromatic N) is 2. The molecule has 0 saturated heterocycles. The van der Waals surface area contributed by atoms with Crippen LogP contribution in [0.4, 0.5) is 0 Å². The van der Waals surface area contributed by atoms with Crippen LogP contribution in [0.1, 0.15) is 93.9 Å². The van der Waals surface area contributed by atoms with Crippen LogP contribution in [0, 0.1) is 11.3 Å². The van der Waals surface area contributed by atoms with Crippen LogP contribution in [-0.4, -0.2) is 108 Å². The number of rotatable bonds is 18. The second-order valence-electron chi connectivity index (χ2n) is 16.9. The number of carbonyl (C=O) groups is 7. The maximum atomic E-state index is 14.3. The molecule has 1 aromatic heterocycles. The van der Waals surface area contributed by atoms with Crippen LogP contribution in [0.2, 0.25) is 0 Å². The number of nitrogens with one attached hydrogen (secondary N) is 4. The summed E-state index contributed by atoms with van der Waals surface area (Å²) in [7, 11) is 3.36. The molecule has 1 aliphatic rings. The fraction of sp³-hybridized carbons (Fsp3) is 0.625. The van der Waals surface area contributed by atoms with Crippen LogP contribution in [0.15, 0.2) is 41.3 Å². The summed E-state index contributed by atoms with van der Waals surface area (Å²) in [5.74, 6) is -3.47. The Bertz CT molecular complexity index is 1600. The van der Waals surface area contributed by atoms with Crippen molar-refractivity contribution in [2.45, 2.75) is 124 Å². The minimum Gasteiger partial charge on any atom is -0.458 e. The van der Waals surface area contributed by atoms with Crippen molar-refractivity contribution in [3.05, 3.63) is 46.2 Å². The van der Waals surface area contributed by atoms with E-state index in [1.54, 1.807) is 59.2 Å². The van der Waals surface area contributed by atoms with Crippen molar-refractivity contribution in [3.63, 3.8) is 0 Å². The number of amides is 6. The Morgan fingerprint density at radius 2 is 1.55 bits per heavy atom. The third kappa shape index (κ3) is 13.4. The topological polar surface area (TPSA) is 183 Å². The number of imide groups is 1. The van der Waals surface area contributed by atoms with Gasteiger partial charge in [0.05, 0.1) is 12.1 Å². The summed E-state index contributed by atoms with van der Waals surface area (Å²) in [6.07, 6.45) is 3.73. The van der Waals surface area contributed by atoms with E-state index in [1.165, 1.54) is 4.90 Å². The zero-order valence-electron chi connectivity index (χ0n) is 34.7. The Hall–Kier alpha value is -4.37. The van der Waals surface area contributed by atoms with Gasteiger partial charge in [-0.2, -0.15) is 0 Å². The molecule has 1 aromatic rings. The largest absolute Gasteiger partial charge is 0.458 e. The lowest BCUT2D eigenvalue weighted by atomic mass is 9.80. The average Bonchev–Trinajstić information content (AvgIpc) is 3.73. The third-order valence-electron chi connectivity index (χ3n) is 9.30. The first-order chi connectivity index (χ1) is 25.3. The van der Waals surface area contributed by atoms with E-state index in [1.807, 2.05) is 66.0 Å². The van der Waals surface area contributed by atoms with Gasteiger partial charge in [0, 0.05) is 54.6 Å². The number of hydrogen-bond acceptors (Lipinski definition) is 10. The van der Waals surface area contributed by atoms with Crippen molar-refractivity contribution in [2.75, 3.05) is 27.2 Å². The molecular weight excluding hydrogens is 725 g/mol. The van der Waals surface area contributed by atoms with Crippen molar-refractivity contribution in [2.24, 2.45) is 11.3 Å². The molecule has 0 saturated carbocycles. The first-order valence-electron chi connectivity index (χ1n) is 18.6. The van der Waals surface area contributed by atoms with Crippen molar-refractivity contribution in [1.82, 2.24) is 31.1 Å². The molecule has 0 aromatic carbocycles. The lowest BCUT2D eigenvalue weighted by Crippen LogP contribution is -2.61. The Balaban J connectivity index is 2.23. The molecule has 55 heavy (non-hydrogen) atoms. The smallest absolute Gasteiger partial charge is 0.329 e. The van der Waals surface area contributed by atoms with Crippen LogP contribution >= 0.6 is 11.3 Å². The Kier molecular flexibility index (Phi) is 16.6. The molecule has 14 nitrogen and oxygen atoms in total. The summed E-state index contributed by atoms with van der Waals surface area (Å²) >= 11 is 1.56. The van der Waals surface area contributed by atoms with Gasteiger partial charge in [0.2, 0.25) is 23.6 Å². The van der Waals surface area contributed by atoms with E-state index in [0.717, 1.165) is 21.9 Å². The predicted octanol–water partition coefficient (Wildman–Crippen LogP) is 3.22. The van der Waals surface area contributed by atoms with E-state index < -0.39 is 70.2 Å². The molecule has 0 fully saturated rings. The van der Waals surface area contributed by atoms with E-state index in [-0.39, 0.29) is 49.2 Å². The highest BCUT2D eigenvalue weighted by Crippen LogP contribution is 2.32. The molecule has 306 valence electrons. The lowest BCUT2D eigenvalue weighted by molar-refractivity contribution is -0.158. The number of likely N-dealkylation sites (N-methyl/N-ethyl adjacent to an activating group) is 2. The molecule has 0 radical (unpaired) electrons. The Morgan fingerprint density at radius 3 is 2.04 bits per heavy atom. The summed E-state index contributed by atoms with van der Waals surface area (Å²) in [6.45, 7) is 20.1. The van der Waals surface area contributed by atoms with E-state index in [2.05, 4.69) is 21.3 Å². The molecule has 2 heterocycles. The van der Waals surface area contributed by atoms with Crippen LogP contribution in [0.3, 0.4) is 0 Å². The maximum absolute atomic E-state index is 14.3. The molecule has 4 atom stereocenters. The van der Waals surface area contributed by atoms with Crippen molar-refractivity contribution in [1.29, 1.82) is 0 Å². The minimum atomic E-state index is -1.18. The zero-order chi connectivity index (χ0) is 42.1. The SMILES string of the molecule is CN[C@H](C(=O)NC(C(=O)N(C)[C@H](/C=C(\C)C(=O)N[C@H](CCC(=O)NCCN1C(=O)C=CC1=O)C(=O)OC(C)(C)C)C(C)C)C(C)(C)C)C(C)(C)c1cccs1. The fourth-order valence-electron chi connectivity index (χ4n) is 6.13. The molecule has 0 bridgehead atoms. The van der Waals surface area contributed by atoms with Crippen LogP contribution in [-0.2, 0) is 43.7 Å². The summed E-state index contributed by atoms with van der Waals surface area (Å²) < 4.78 is 5.55. The van der Waals surface area contributed by atoms with Gasteiger partial charge < -0.3 is 30.9 Å². The van der Waals surface area contributed by atoms with Gasteiger partial charge in [-0.15, -0.1) is 11.3 Å². The van der Waals surface area contributed by atoms with Gasteiger partial charge in [0.25, 0.3) is 11.8 Å². The maximum Gasteiger partial charge on any atom is 0.329 e. The van der Waals surface area contributed by atoms with E-state index in [9.17, 15) is 33.6 Å². The number of ether oxygens (including phenoxy) is 1. The fourth-order valence-corrected chi connectivity index (χ4v) is 7.01. The highest BCUT2D eigenvalue weighted by Gasteiger charge is 2.42. The molecule has 0 spiro atoms. The monoisotopic (exact) mass is 786 g/mol. The molecule has 0 aliphatic carbocycles. The van der Waals surface area contributed by atoms with Crippen molar-refractivity contribution in [3.8, 4) is 0 Å². The van der Waals surface area contributed by atoms with Gasteiger partial charge in [-0.1, -0.05) is 60.6 Å².